The molecule has 1 unspecified atom stereocenters. The van der Waals surface area contributed by atoms with E-state index < -0.39 is 0 Å². The molecule has 1 aliphatic rings. The molecule has 0 aromatic rings. The molecule has 2 heteroatoms. The number of nitrogens with zero attached hydrogens (tertiary/aromatic N) is 2. The second kappa shape index (κ2) is 3.20. The molecule has 0 amide bonds. The Morgan fingerprint density at radius 2 is 2.60 bits per heavy atom. The van der Waals surface area contributed by atoms with Crippen molar-refractivity contribution in [3.63, 3.8) is 0 Å². The lowest BCUT2D eigenvalue weighted by atomic mass is 10.2. The first kappa shape index (κ1) is 7.06. The number of hydrogen-bond acceptors (Lipinski definition) is 2. The van der Waals surface area contributed by atoms with E-state index in [1.807, 2.05) is 19.5 Å². The number of hydrogen-bond donors (Lipinski definition) is 0. The van der Waals surface area contributed by atoms with Crippen molar-refractivity contribution >= 4 is 6.34 Å². The summed E-state index contributed by atoms with van der Waals surface area (Å²) in [7, 11) is 2.02. The maximum atomic E-state index is 4.11. The van der Waals surface area contributed by atoms with Gasteiger partial charge < -0.3 is 4.90 Å². The van der Waals surface area contributed by atoms with Gasteiger partial charge in [0, 0.05) is 7.05 Å². The van der Waals surface area contributed by atoms with Gasteiger partial charge in [0.1, 0.15) is 0 Å². The highest BCUT2D eigenvalue weighted by atomic mass is 15.2. The molecule has 0 radical (unpaired) electrons. The van der Waals surface area contributed by atoms with Crippen LogP contribution in [0.25, 0.3) is 0 Å². The number of likely N-dealkylation sites (N-methyl/N-ethyl adjacent to an activating group) is 1. The van der Waals surface area contributed by atoms with Crippen LogP contribution in [-0.2, 0) is 0 Å². The van der Waals surface area contributed by atoms with Crippen LogP contribution in [0.1, 0.15) is 0 Å². The first-order valence-electron chi connectivity index (χ1n) is 3.35. The normalized spacial score (nSPS) is 24.5. The summed E-state index contributed by atoms with van der Waals surface area (Å²) in [6.45, 7) is 4.48. The Bertz CT molecular complexity index is 170. The largest absolute Gasteiger partial charge is 0.358 e. The Labute approximate surface area is 61.6 Å². The zero-order valence-electron chi connectivity index (χ0n) is 6.20. The smallest absolute Gasteiger partial charge is 0.0853 e. The summed E-state index contributed by atoms with van der Waals surface area (Å²) < 4.78 is 0. The average molecular weight is 136 g/mol. The van der Waals surface area contributed by atoms with Crippen LogP contribution in [0, 0.1) is 0 Å². The molecule has 1 rings (SSSR count). The number of allylic oxidation sites excluding steroid dienone is 2. The molecule has 0 spiro atoms. The summed E-state index contributed by atoms with van der Waals surface area (Å²) in [6, 6.07) is 0.443. The third-order valence-electron chi connectivity index (χ3n) is 1.55. The highest BCUT2D eigenvalue weighted by Gasteiger charge is 2.11. The summed E-state index contributed by atoms with van der Waals surface area (Å²) in [6.07, 6.45) is 7.69. The van der Waals surface area contributed by atoms with Gasteiger partial charge in [-0.05, 0) is 0 Å². The standard InChI is InChI=1S/C8H12N2/c1-3-4-5-8-6-9-7-10(8)2/h3-5,7-8H,1,6H2,2H3/b5-4-. The molecule has 0 bridgehead atoms. The first-order chi connectivity index (χ1) is 4.84. The molecule has 10 heavy (non-hydrogen) atoms. The summed E-state index contributed by atoms with van der Waals surface area (Å²) >= 11 is 0. The highest BCUT2D eigenvalue weighted by molar-refractivity contribution is 5.58. The van der Waals surface area contributed by atoms with Gasteiger partial charge in [-0.2, -0.15) is 0 Å². The lowest BCUT2D eigenvalue weighted by molar-refractivity contribution is 0.479. The van der Waals surface area contributed by atoms with E-state index in [2.05, 4.69) is 22.5 Å². The van der Waals surface area contributed by atoms with Gasteiger partial charge in [-0.25, -0.2) is 0 Å². The fourth-order valence-electron chi connectivity index (χ4n) is 0.902. The van der Waals surface area contributed by atoms with E-state index in [0.29, 0.717) is 6.04 Å². The maximum absolute atomic E-state index is 4.11. The van der Waals surface area contributed by atoms with Gasteiger partial charge in [0.25, 0.3) is 0 Å². The summed E-state index contributed by atoms with van der Waals surface area (Å²) in [4.78, 5) is 6.20. The molecule has 0 fully saturated rings. The van der Waals surface area contributed by atoms with E-state index in [0.717, 1.165) is 6.54 Å². The maximum Gasteiger partial charge on any atom is 0.0853 e. The van der Waals surface area contributed by atoms with Crippen molar-refractivity contribution in [1.82, 2.24) is 4.90 Å². The van der Waals surface area contributed by atoms with E-state index in [1.165, 1.54) is 0 Å². The zero-order valence-corrected chi connectivity index (χ0v) is 6.20. The van der Waals surface area contributed by atoms with Crippen LogP contribution in [0.2, 0.25) is 0 Å². The molecule has 2 nitrogen and oxygen atoms in total. The topological polar surface area (TPSA) is 15.6 Å². The van der Waals surface area contributed by atoms with E-state index in [4.69, 9.17) is 0 Å². The van der Waals surface area contributed by atoms with Gasteiger partial charge in [0.2, 0.25) is 0 Å². The van der Waals surface area contributed by atoms with Crippen LogP contribution in [0.3, 0.4) is 0 Å². The minimum atomic E-state index is 0.443. The molecule has 0 saturated carbocycles. The molecule has 54 valence electrons. The van der Waals surface area contributed by atoms with Crippen LogP contribution >= 0.6 is 0 Å². The van der Waals surface area contributed by atoms with Gasteiger partial charge in [0.15, 0.2) is 0 Å². The zero-order chi connectivity index (χ0) is 7.40. The molecular formula is C8H12N2. The predicted molar refractivity (Wildman–Crippen MR) is 44.2 cm³/mol. The summed E-state index contributed by atoms with van der Waals surface area (Å²) in [5.41, 5.74) is 0. The predicted octanol–water partition coefficient (Wildman–Crippen LogP) is 1.07. The van der Waals surface area contributed by atoms with Gasteiger partial charge >= 0.3 is 0 Å². The van der Waals surface area contributed by atoms with Gasteiger partial charge in [0.05, 0.1) is 18.9 Å². The quantitative estimate of drug-likeness (QED) is 0.518. The molecule has 0 aromatic heterocycles. The molecule has 1 aliphatic heterocycles. The molecular weight excluding hydrogens is 124 g/mol. The van der Waals surface area contributed by atoms with E-state index in [1.54, 1.807) is 6.08 Å². The Morgan fingerprint density at radius 3 is 3.10 bits per heavy atom. The molecule has 1 heterocycles. The van der Waals surface area contributed by atoms with E-state index in [9.17, 15) is 0 Å². The van der Waals surface area contributed by atoms with Crippen molar-refractivity contribution in [2.24, 2.45) is 4.99 Å². The van der Waals surface area contributed by atoms with Crippen LogP contribution in [0.5, 0.6) is 0 Å². The third-order valence-corrected chi connectivity index (χ3v) is 1.55. The molecule has 0 aromatic carbocycles. The first-order valence-corrected chi connectivity index (χ1v) is 3.35. The lowest BCUT2D eigenvalue weighted by Gasteiger charge is -2.13. The van der Waals surface area contributed by atoms with Crippen molar-refractivity contribution in [3.05, 3.63) is 24.8 Å². The Hall–Kier alpha value is -1.05. The van der Waals surface area contributed by atoms with Crippen molar-refractivity contribution in [3.8, 4) is 0 Å². The summed E-state index contributed by atoms with van der Waals surface area (Å²) in [5.74, 6) is 0. The number of aliphatic imine (C=N–C) groups is 1. The average Bonchev–Trinajstić information content (AvgIpc) is 2.31. The molecule has 1 atom stereocenters. The minimum Gasteiger partial charge on any atom is -0.358 e. The molecule has 0 N–H and O–H groups in total. The number of rotatable bonds is 2. The fourth-order valence-corrected chi connectivity index (χ4v) is 0.902. The minimum absolute atomic E-state index is 0.443. The summed E-state index contributed by atoms with van der Waals surface area (Å²) in [5, 5.41) is 0. The third kappa shape index (κ3) is 1.47. The van der Waals surface area contributed by atoms with Crippen LogP contribution in [0.4, 0.5) is 0 Å². The van der Waals surface area contributed by atoms with Crippen LogP contribution in [0.15, 0.2) is 29.8 Å². The van der Waals surface area contributed by atoms with Crippen molar-refractivity contribution < 1.29 is 0 Å². The van der Waals surface area contributed by atoms with Crippen LogP contribution in [-0.4, -0.2) is 30.9 Å². The molecule has 0 aliphatic carbocycles. The Balaban J connectivity index is 2.43. The highest BCUT2D eigenvalue weighted by Crippen LogP contribution is 2.02. The van der Waals surface area contributed by atoms with Crippen molar-refractivity contribution in [1.29, 1.82) is 0 Å². The lowest BCUT2D eigenvalue weighted by Crippen LogP contribution is -2.24. The second-order valence-corrected chi connectivity index (χ2v) is 2.33. The molecule has 0 saturated heterocycles. The van der Waals surface area contributed by atoms with E-state index in [-0.39, 0.29) is 0 Å². The fraction of sp³-hybridized carbons (Fsp3) is 0.375. The van der Waals surface area contributed by atoms with Crippen molar-refractivity contribution in [2.45, 2.75) is 6.04 Å². The Morgan fingerprint density at radius 1 is 1.80 bits per heavy atom. The monoisotopic (exact) mass is 136 g/mol. The van der Waals surface area contributed by atoms with Crippen LogP contribution < -0.4 is 0 Å². The SMILES string of the molecule is C=C/C=C\C1CN=CN1C. The van der Waals surface area contributed by atoms with E-state index >= 15 is 0 Å². The second-order valence-electron chi connectivity index (χ2n) is 2.33. The van der Waals surface area contributed by atoms with Gasteiger partial charge in [-0.3, -0.25) is 4.99 Å². The van der Waals surface area contributed by atoms with Gasteiger partial charge in [-0.1, -0.05) is 24.8 Å². The van der Waals surface area contributed by atoms with Gasteiger partial charge in [-0.15, -0.1) is 0 Å². The Kier molecular flexibility index (Phi) is 2.26. The van der Waals surface area contributed by atoms with Crippen molar-refractivity contribution in [2.75, 3.05) is 13.6 Å².